The van der Waals surface area contributed by atoms with E-state index < -0.39 is 5.60 Å². The number of nitrogens with zero attached hydrogens (tertiary/aromatic N) is 1. The maximum atomic E-state index is 11.9. The normalized spacial score (nSPS) is 24.8. The van der Waals surface area contributed by atoms with Crippen LogP contribution in [-0.2, 0) is 5.60 Å². The van der Waals surface area contributed by atoms with Crippen molar-refractivity contribution in [3.05, 3.63) is 48.0 Å². The fourth-order valence-electron chi connectivity index (χ4n) is 4.36. The van der Waals surface area contributed by atoms with Gasteiger partial charge in [0.15, 0.2) is 0 Å². The maximum Gasteiger partial charge on any atom is 0.108 e. The fraction of sp³-hybridized carbons (Fsp3) is 0.600. The van der Waals surface area contributed by atoms with Gasteiger partial charge in [-0.1, -0.05) is 61.7 Å². The van der Waals surface area contributed by atoms with Crippen LogP contribution in [0.15, 0.2) is 42.5 Å². The van der Waals surface area contributed by atoms with Crippen molar-refractivity contribution in [1.29, 1.82) is 0 Å². The minimum atomic E-state index is -0.729. The summed E-state index contributed by atoms with van der Waals surface area (Å²) in [4.78, 5) is 2.45. The van der Waals surface area contributed by atoms with Crippen molar-refractivity contribution in [2.24, 2.45) is 5.92 Å². The zero-order chi connectivity index (χ0) is 15.4. The highest BCUT2D eigenvalue weighted by Gasteiger charge is 2.45. The largest absolute Gasteiger partial charge is 0.383 e. The predicted octanol–water partition coefficient (Wildman–Crippen LogP) is 4.10. The average Bonchev–Trinajstić information content (AvgIpc) is 2.62. The summed E-state index contributed by atoms with van der Waals surface area (Å²) in [5.74, 6) is 0.379. The number of hydrogen-bond donors (Lipinski definition) is 1. The third-order valence-electron chi connectivity index (χ3n) is 5.74. The Hall–Kier alpha value is -1.12. The Bertz CT molecular complexity index is 492. The summed E-state index contributed by atoms with van der Waals surface area (Å²) in [6.07, 6.45) is 11.7. The molecule has 0 amide bonds. The summed E-state index contributed by atoms with van der Waals surface area (Å²) in [7, 11) is 0. The third kappa shape index (κ3) is 3.00. The SMILES string of the molecule is CC(N1CC=CCC1)C(O)(c1ccccc1)C1CCCCC1. The first-order valence-corrected chi connectivity index (χ1v) is 8.90. The van der Waals surface area contributed by atoms with E-state index >= 15 is 0 Å². The van der Waals surface area contributed by atoms with Gasteiger partial charge in [0.05, 0.1) is 0 Å². The van der Waals surface area contributed by atoms with E-state index in [1.165, 1.54) is 19.3 Å². The Morgan fingerprint density at radius 1 is 1.09 bits per heavy atom. The predicted molar refractivity (Wildman–Crippen MR) is 91.7 cm³/mol. The molecule has 120 valence electrons. The van der Waals surface area contributed by atoms with E-state index in [1.54, 1.807) is 0 Å². The molecule has 3 rings (SSSR count). The van der Waals surface area contributed by atoms with Gasteiger partial charge in [0.2, 0.25) is 0 Å². The molecule has 1 N–H and O–H groups in total. The molecule has 1 fully saturated rings. The number of hydrogen-bond acceptors (Lipinski definition) is 2. The molecular weight excluding hydrogens is 270 g/mol. The first kappa shape index (κ1) is 15.8. The van der Waals surface area contributed by atoms with Gasteiger partial charge >= 0.3 is 0 Å². The van der Waals surface area contributed by atoms with Crippen LogP contribution in [0.1, 0.15) is 51.0 Å². The van der Waals surface area contributed by atoms with Crippen molar-refractivity contribution in [1.82, 2.24) is 4.90 Å². The third-order valence-corrected chi connectivity index (χ3v) is 5.74. The molecule has 0 saturated heterocycles. The molecule has 2 heteroatoms. The van der Waals surface area contributed by atoms with E-state index in [0.29, 0.717) is 5.92 Å². The molecule has 1 aliphatic carbocycles. The van der Waals surface area contributed by atoms with E-state index in [-0.39, 0.29) is 6.04 Å². The lowest BCUT2D eigenvalue weighted by atomic mass is 9.69. The molecule has 2 atom stereocenters. The molecule has 1 aromatic rings. The Morgan fingerprint density at radius 3 is 2.45 bits per heavy atom. The topological polar surface area (TPSA) is 23.5 Å². The van der Waals surface area contributed by atoms with Crippen LogP contribution in [0.4, 0.5) is 0 Å². The smallest absolute Gasteiger partial charge is 0.108 e. The summed E-state index contributed by atoms with van der Waals surface area (Å²) in [6, 6.07) is 10.6. The van der Waals surface area contributed by atoms with E-state index in [9.17, 15) is 5.11 Å². The van der Waals surface area contributed by atoms with Crippen LogP contribution >= 0.6 is 0 Å². The van der Waals surface area contributed by atoms with Gasteiger partial charge in [-0.15, -0.1) is 0 Å². The highest BCUT2D eigenvalue weighted by atomic mass is 16.3. The first-order chi connectivity index (χ1) is 10.7. The minimum absolute atomic E-state index is 0.156. The van der Waals surface area contributed by atoms with Crippen molar-refractivity contribution in [2.45, 2.75) is 57.1 Å². The second-order valence-electron chi connectivity index (χ2n) is 6.96. The number of benzene rings is 1. The van der Waals surface area contributed by atoms with Gasteiger partial charge in [-0.2, -0.15) is 0 Å². The molecular formula is C20H29NO. The average molecular weight is 299 g/mol. The maximum absolute atomic E-state index is 11.9. The van der Waals surface area contributed by atoms with Gasteiger partial charge < -0.3 is 5.11 Å². The van der Waals surface area contributed by atoms with Gasteiger partial charge in [-0.3, -0.25) is 4.90 Å². The summed E-state index contributed by atoms with van der Waals surface area (Å²) in [6.45, 7) is 4.24. The quantitative estimate of drug-likeness (QED) is 0.846. The molecule has 2 nitrogen and oxygen atoms in total. The summed E-state index contributed by atoms with van der Waals surface area (Å²) in [5, 5.41) is 11.9. The number of aliphatic hydroxyl groups is 1. The van der Waals surface area contributed by atoms with Crippen LogP contribution in [0.3, 0.4) is 0 Å². The molecule has 2 aliphatic rings. The Morgan fingerprint density at radius 2 is 1.82 bits per heavy atom. The molecule has 2 unspecified atom stereocenters. The van der Waals surface area contributed by atoms with Crippen molar-refractivity contribution in [3.8, 4) is 0 Å². The van der Waals surface area contributed by atoms with Crippen LogP contribution in [0, 0.1) is 5.92 Å². The lowest BCUT2D eigenvalue weighted by Gasteiger charge is -2.47. The molecule has 0 spiro atoms. The lowest BCUT2D eigenvalue weighted by molar-refractivity contribution is -0.0990. The van der Waals surface area contributed by atoms with Crippen LogP contribution in [0.5, 0.6) is 0 Å². The van der Waals surface area contributed by atoms with Crippen molar-refractivity contribution < 1.29 is 5.11 Å². The minimum Gasteiger partial charge on any atom is -0.383 e. The van der Waals surface area contributed by atoms with E-state index in [2.05, 4.69) is 48.2 Å². The highest BCUT2D eigenvalue weighted by Crippen LogP contribution is 2.43. The summed E-state index contributed by atoms with van der Waals surface area (Å²) in [5.41, 5.74) is 0.372. The lowest BCUT2D eigenvalue weighted by Crippen LogP contribution is -2.54. The zero-order valence-electron chi connectivity index (χ0n) is 13.7. The summed E-state index contributed by atoms with van der Waals surface area (Å²) < 4.78 is 0. The molecule has 1 aliphatic heterocycles. The van der Waals surface area contributed by atoms with Gasteiger partial charge in [0, 0.05) is 19.1 Å². The van der Waals surface area contributed by atoms with Crippen molar-refractivity contribution in [3.63, 3.8) is 0 Å². The molecule has 1 heterocycles. The molecule has 1 saturated carbocycles. The van der Waals surface area contributed by atoms with E-state index in [0.717, 1.165) is 37.9 Å². The monoisotopic (exact) mass is 299 g/mol. The highest BCUT2D eigenvalue weighted by molar-refractivity contribution is 5.26. The van der Waals surface area contributed by atoms with Crippen LogP contribution < -0.4 is 0 Å². The van der Waals surface area contributed by atoms with Crippen molar-refractivity contribution in [2.75, 3.05) is 13.1 Å². The van der Waals surface area contributed by atoms with Gasteiger partial charge in [-0.25, -0.2) is 0 Å². The molecule has 1 aromatic carbocycles. The first-order valence-electron chi connectivity index (χ1n) is 8.90. The molecule has 0 bridgehead atoms. The van der Waals surface area contributed by atoms with Crippen LogP contribution in [-0.4, -0.2) is 29.1 Å². The molecule has 0 radical (unpaired) electrons. The van der Waals surface area contributed by atoms with Gasteiger partial charge in [0.25, 0.3) is 0 Å². The van der Waals surface area contributed by atoms with Crippen LogP contribution in [0.25, 0.3) is 0 Å². The van der Waals surface area contributed by atoms with Gasteiger partial charge in [0.1, 0.15) is 5.60 Å². The second-order valence-corrected chi connectivity index (χ2v) is 6.96. The van der Waals surface area contributed by atoms with Gasteiger partial charge in [-0.05, 0) is 37.7 Å². The number of rotatable bonds is 4. The molecule has 0 aromatic heterocycles. The summed E-state index contributed by atoms with van der Waals surface area (Å²) >= 11 is 0. The Labute approximate surface area is 134 Å². The van der Waals surface area contributed by atoms with E-state index in [4.69, 9.17) is 0 Å². The standard InChI is InChI=1S/C20H29NO/c1-17(21-15-9-4-10-16-21)20(22,18-11-5-2-6-12-18)19-13-7-3-8-14-19/h2,4-6,9,11-12,17,19,22H,3,7-8,10,13-16H2,1H3. The fourth-order valence-corrected chi connectivity index (χ4v) is 4.36. The zero-order valence-corrected chi connectivity index (χ0v) is 13.7. The second kappa shape index (κ2) is 6.97. The Balaban J connectivity index is 1.92. The molecule has 22 heavy (non-hydrogen) atoms. The van der Waals surface area contributed by atoms with E-state index in [1.807, 2.05) is 6.07 Å². The Kier molecular flexibility index (Phi) is 5.00. The van der Waals surface area contributed by atoms with Crippen LogP contribution in [0.2, 0.25) is 0 Å². The van der Waals surface area contributed by atoms with Crippen molar-refractivity contribution >= 4 is 0 Å².